The standard InChI is InChI=1S/C76H105N11O27/c1-100-21-22-102-25-26-104-29-30-106-33-34-108-37-38-110-41-42-111-40-39-109-36-35-107-32-31-105-28-27-103-24-23-101-19-15-64(88)78-16-3-2-5-59(83-65(89)13-18-86-67(91)11-12-68(86)92)71(94)80-47-66(90)84-60(6-4-17-79-75(77)98)72(95)82-53-9-7-51(8-10-53)49-114-76(99)81-46-56-54-43-52-14-20-112-63(52)45-61(54)85-69-57(56)48-87-62(69)44-55-58(73(87)96)50-113-74(97)70(55)93/h7-12,43-45,59-60,70,93H,2-6,13-42,46-50H2,1H3,(H,78,88)(H,80,94)(H,81,99)(H,82,95)(H,83,89)(H,84,90)(H3,77,79,98)/t59-,60-,70-/m0/s1. The number of hydrogen-bond acceptors (Lipinski definition) is 28. The summed E-state index contributed by atoms with van der Waals surface area (Å²) in [5, 5.41) is 29.9. The molecule has 4 aliphatic rings. The number of esters is 1. The van der Waals surface area contributed by atoms with E-state index in [0.717, 1.165) is 28.0 Å². The number of benzene rings is 2. The quantitative estimate of drug-likeness (QED) is 0.0142. The second-order valence-electron chi connectivity index (χ2n) is 26.1. The van der Waals surface area contributed by atoms with Crippen molar-refractivity contribution in [1.29, 1.82) is 0 Å². The maximum atomic E-state index is 13.8. The van der Waals surface area contributed by atoms with Crippen LogP contribution in [0, 0.1) is 0 Å². The Bertz CT molecular complexity index is 3880. The van der Waals surface area contributed by atoms with Crippen molar-refractivity contribution in [2.75, 3.05) is 197 Å². The summed E-state index contributed by atoms with van der Waals surface area (Å²) >= 11 is 0. The molecule has 0 saturated carbocycles. The summed E-state index contributed by atoms with van der Waals surface area (Å²) in [7, 11) is 1.63. The van der Waals surface area contributed by atoms with Gasteiger partial charge in [0.25, 0.3) is 17.4 Å². The molecule has 6 heterocycles. The van der Waals surface area contributed by atoms with Gasteiger partial charge in [-0.3, -0.25) is 43.3 Å². The number of carbonyl (C=O) groups excluding carboxylic acids is 10. The van der Waals surface area contributed by atoms with Crippen LogP contribution in [0.2, 0.25) is 0 Å². The van der Waals surface area contributed by atoms with Gasteiger partial charge in [0.1, 0.15) is 31.0 Å². The first kappa shape index (κ1) is 89.9. The van der Waals surface area contributed by atoms with E-state index in [4.69, 9.17) is 81.8 Å². The fourth-order valence-corrected chi connectivity index (χ4v) is 12.0. The molecule has 0 spiro atoms. The molecule has 8 rings (SSSR count). The number of aliphatic hydroxyl groups excluding tert-OH is 1. The second kappa shape index (κ2) is 50.5. The minimum absolute atomic E-state index is 0.000969. The van der Waals surface area contributed by atoms with Crippen LogP contribution >= 0.6 is 0 Å². The zero-order chi connectivity index (χ0) is 81.1. The number of primary amides is 1. The molecule has 2 aromatic carbocycles. The maximum absolute atomic E-state index is 13.8. The second-order valence-corrected chi connectivity index (χ2v) is 26.1. The van der Waals surface area contributed by atoms with E-state index in [1.165, 1.54) is 4.57 Å². The third-order valence-electron chi connectivity index (χ3n) is 17.9. The summed E-state index contributed by atoms with van der Waals surface area (Å²) in [4.78, 5) is 148. The molecule has 626 valence electrons. The molecule has 0 radical (unpaired) electrons. The Morgan fingerprint density at radius 3 is 1.71 bits per heavy atom. The number of imide groups is 1. The van der Waals surface area contributed by atoms with Crippen LogP contribution in [0.3, 0.4) is 0 Å². The van der Waals surface area contributed by atoms with Crippen LogP contribution in [0.1, 0.15) is 84.4 Å². The van der Waals surface area contributed by atoms with Crippen molar-refractivity contribution in [3.05, 3.63) is 98.4 Å². The van der Waals surface area contributed by atoms with Gasteiger partial charge >= 0.3 is 18.1 Å². The lowest BCUT2D eigenvalue weighted by Gasteiger charge is -2.21. The van der Waals surface area contributed by atoms with Gasteiger partial charge < -0.3 is 124 Å². The number of nitrogens with two attached hydrogens (primary N) is 1. The van der Waals surface area contributed by atoms with Gasteiger partial charge in [0.05, 0.1) is 194 Å². The molecule has 10 N–H and O–H groups in total. The number of nitrogens with zero attached hydrogens (tertiary/aromatic N) is 3. The summed E-state index contributed by atoms with van der Waals surface area (Å²) in [6.45, 7) is 9.14. The topological polar surface area (TPSA) is 478 Å². The number of anilines is 1. The number of amides is 10. The van der Waals surface area contributed by atoms with Crippen LogP contribution in [0.15, 0.2) is 59.4 Å². The van der Waals surface area contributed by atoms with Crippen molar-refractivity contribution in [2.24, 2.45) is 5.73 Å². The Morgan fingerprint density at radius 2 is 1.13 bits per heavy atom. The number of alkyl carbamates (subject to hydrolysis) is 1. The van der Waals surface area contributed by atoms with Crippen LogP contribution in [0.25, 0.3) is 22.3 Å². The minimum Gasteiger partial charge on any atom is -0.493 e. The number of urea groups is 1. The smallest absolute Gasteiger partial charge is 0.407 e. The van der Waals surface area contributed by atoms with Crippen molar-refractivity contribution in [3.8, 4) is 17.1 Å². The average Bonchev–Trinajstić information content (AvgIpc) is 1.56. The number of cyclic esters (lactones) is 1. The molecule has 3 atom stereocenters. The van der Waals surface area contributed by atoms with Gasteiger partial charge in [-0.15, -0.1) is 0 Å². The molecule has 0 saturated heterocycles. The molecule has 10 amide bonds. The molecule has 114 heavy (non-hydrogen) atoms. The van der Waals surface area contributed by atoms with E-state index in [-0.39, 0.29) is 115 Å². The highest BCUT2D eigenvalue weighted by atomic mass is 16.6. The number of carbonyl (C=O) groups is 10. The van der Waals surface area contributed by atoms with Crippen molar-refractivity contribution in [2.45, 2.75) is 95.9 Å². The highest BCUT2D eigenvalue weighted by molar-refractivity contribution is 6.13. The van der Waals surface area contributed by atoms with Crippen LogP contribution in [-0.4, -0.2) is 283 Å². The molecule has 4 aromatic rings. The SMILES string of the molecule is COCCOCCOCCOCCOCCOCCOCCOCCOCCOCCOCCOCCC(=O)NCCCC[C@H](NC(=O)CCN1C(=O)C=CC1=O)C(=O)NCC(=O)N[C@@H](CCCNC(N)=O)C(=O)Nc1ccc(COC(=O)NCc2c3c(nc4cc5c(cc24)CCO5)-c2cc4c(c(=O)n2C3)COC(=O)[C@H]4O)cc1. The van der Waals surface area contributed by atoms with Crippen molar-refractivity contribution < 1.29 is 124 Å². The van der Waals surface area contributed by atoms with Gasteiger partial charge in [-0.05, 0) is 73.1 Å². The van der Waals surface area contributed by atoms with Gasteiger partial charge in [-0.1, -0.05) is 12.1 Å². The molecule has 0 aliphatic carbocycles. The predicted molar refractivity (Wildman–Crippen MR) is 403 cm³/mol. The molecule has 38 nitrogen and oxygen atoms in total. The summed E-state index contributed by atoms with van der Waals surface area (Å²) in [5.41, 5.74) is 9.58. The molecule has 2 aromatic heterocycles. The Kier molecular flexibility index (Phi) is 39.8. The number of nitrogens with one attached hydrogen (secondary N) is 7. The minimum atomic E-state index is -1.64. The van der Waals surface area contributed by atoms with Gasteiger partial charge in [0.15, 0.2) is 6.10 Å². The van der Waals surface area contributed by atoms with Crippen molar-refractivity contribution >= 4 is 76.0 Å². The lowest BCUT2D eigenvalue weighted by molar-refractivity contribution is -0.157. The molecule has 4 aliphatic heterocycles. The lowest BCUT2D eigenvalue weighted by atomic mass is 9.97. The fourth-order valence-electron chi connectivity index (χ4n) is 12.0. The molecule has 0 bridgehead atoms. The van der Waals surface area contributed by atoms with Crippen molar-refractivity contribution in [3.63, 3.8) is 0 Å². The normalized spacial score (nSPS) is 14.3. The van der Waals surface area contributed by atoms with E-state index in [1.807, 2.05) is 6.07 Å². The molecular formula is C76H105N11O27. The Balaban J connectivity index is 0.673. The third-order valence-corrected chi connectivity index (χ3v) is 17.9. The van der Waals surface area contributed by atoms with Crippen LogP contribution < -0.4 is 53.2 Å². The predicted octanol–water partition coefficient (Wildman–Crippen LogP) is 0.170. The maximum Gasteiger partial charge on any atom is 0.407 e. The van der Waals surface area contributed by atoms with Gasteiger partial charge in [0, 0.05) is 93.0 Å². The number of aromatic nitrogens is 2. The Morgan fingerprint density at radius 1 is 0.588 bits per heavy atom. The van der Waals surface area contributed by atoms with E-state index >= 15 is 0 Å². The Hall–Kier alpha value is -9.68. The van der Waals surface area contributed by atoms with Gasteiger partial charge in [-0.2, -0.15) is 0 Å². The number of pyridine rings is 2. The first-order chi connectivity index (χ1) is 55.5. The number of ether oxygens (including phenoxy) is 15. The third kappa shape index (κ3) is 30.9. The molecule has 0 unspecified atom stereocenters. The summed E-state index contributed by atoms with van der Waals surface area (Å²) in [6, 6.07) is 8.41. The van der Waals surface area contributed by atoms with Gasteiger partial charge in [-0.25, -0.2) is 19.4 Å². The van der Waals surface area contributed by atoms with Crippen LogP contribution in [0.4, 0.5) is 15.3 Å². The monoisotopic (exact) mass is 1600 g/mol. The summed E-state index contributed by atoms with van der Waals surface area (Å²) in [6.07, 6.45) is 1.06. The van der Waals surface area contributed by atoms with E-state index in [2.05, 4.69) is 37.2 Å². The number of fused-ring (bicyclic) bond motifs is 6. The number of unbranched alkanes of at least 4 members (excludes halogenated alkanes) is 1. The van der Waals surface area contributed by atoms with Crippen molar-refractivity contribution in [1.82, 2.24) is 46.4 Å². The first-order valence-corrected chi connectivity index (χ1v) is 38.0. The zero-order valence-corrected chi connectivity index (χ0v) is 64.2. The molecule has 0 fully saturated rings. The largest absolute Gasteiger partial charge is 0.493 e. The highest BCUT2D eigenvalue weighted by Crippen LogP contribution is 2.40. The Labute approximate surface area is 658 Å². The van der Waals surface area contributed by atoms with E-state index < -0.39 is 83.8 Å². The van der Waals surface area contributed by atoms with E-state index in [0.29, 0.717) is 203 Å². The summed E-state index contributed by atoms with van der Waals surface area (Å²) < 4.78 is 83.2. The average molecular weight is 1600 g/mol. The number of rotatable bonds is 59. The number of aliphatic hydroxyl groups is 1. The molecule has 38 heteroatoms. The number of hydrogen-bond donors (Lipinski definition) is 9. The zero-order valence-electron chi connectivity index (χ0n) is 64.2. The highest BCUT2D eigenvalue weighted by Gasteiger charge is 2.36. The fraction of sp³-hybridized carbons (Fsp3) is 0.579. The van der Waals surface area contributed by atoms with E-state index in [9.17, 15) is 57.8 Å². The van der Waals surface area contributed by atoms with Gasteiger partial charge in [0.2, 0.25) is 29.5 Å². The van der Waals surface area contributed by atoms with E-state index in [1.54, 1.807) is 43.5 Å². The number of methoxy groups -OCH3 is 1. The first-order valence-electron chi connectivity index (χ1n) is 38.0. The lowest BCUT2D eigenvalue weighted by Crippen LogP contribution is -2.51. The molecular weight excluding hydrogens is 1500 g/mol. The van der Waals surface area contributed by atoms with Crippen LogP contribution in [-0.2, 0) is 137 Å². The summed E-state index contributed by atoms with van der Waals surface area (Å²) in [5.74, 6) is -4.56. The van der Waals surface area contributed by atoms with Crippen LogP contribution in [0.5, 0.6) is 5.75 Å².